The van der Waals surface area contributed by atoms with Crippen molar-refractivity contribution in [2.45, 2.75) is 39.3 Å². The fourth-order valence-corrected chi connectivity index (χ4v) is 3.48. The van der Waals surface area contributed by atoms with E-state index in [4.69, 9.17) is 9.47 Å². The number of ether oxygens (including phenoxy) is 2. The first-order valence-electron chi connectivity index (χ1n) is 10.3. The standard InChI is InChI=1S/C24H32N2O3/c1-24(2,3)21-10-6-7-11-22(21)29-18-23(27)25-16-19-8-4-5-9-20(19)17-26-12-14-28-15-13-26/h4-11H,12-18H2,1-3H3,(H,25,27). The van der Waals surface area contributed by atoms with E-state index in [1.54, 1.807) is 0 Å². The van der Waals surface area contributed by atoms with Crippen molar-refractivity contribution >= 4 is 5.91 Å². The summed E-state index contributed by atoms with van der Waals surface area (Å²) in [5.74, 6) is 0.651. The van der Waals surface area contributed by atoms with Gasteiger partial charge in [-0.3, -0.25) is 9.69 Å². The summed E-state index contributed by atoms with van der Waals surface area (Å²) in [5, 5.41) is 3.00. The van der Waals surface area contributed by atoms with Crippen LogP contribution in [0.2, 0.25) is 0 Å². The zero-order valence-electron chi connectivity index (χ0n) is 17.7. The van der Waals surface area contributed by atoms with E-state index in [0.717, 1.165) is 49.7 Å². The summed E-state index contributed by atoms with van der Waals surface area (Å²) in [6.07, 6.45) is 0. The number of hydrogen-bond donors (Lipinski definition) is 1. The predicted molar refractivity (Wildman–Crippen MR) is 115 cm³/mol. The summed E-state index contributed by atoms with van der Waals surface area (Å²) >= 11 is 0. The van der Waals surface area contributed by atoms with E-state index < -0.39 is 0 Å². The highest BCUT2D eigenvalue weighted by Crippen LogP contribution is 2.30. The van der Waals surface area contributed by atoms with Gasteiger partial charge in [-0.2, -0.15) is 0 Å². The van der Waals surface area contributed by atoms with E-state index >= 15 is 0 Å². The van der Waals surface area contributed by atoms with Gasteiger partial charge in [-0.15, -0.1) is 0 Å². The second-order valence-electron chi connectivity index (χ2n) is 8.47. The lowest BCUT2D eigenvalue weighted by Gasteiger charge is -2.27. The molecule has 3 rings (SSSR count). The smallest absolute Gasteiger partial charge is 0.258 e. The van der Waals surface area contributed by atoms with Gasteiger partial charge in [0.2, 0.25) is 0 Å². The molecular formula is C24H32N2O3. The van der Waals surface area contributed by atoms with E-state index in [0.29, 0.717) is 6.54 Å². The minimum absolute atomic E-state index is 0.0126. The molecule has 0 unspecified atom stereocenters. The molecule has 2 aromatic carbocycles. The number of rotatable bonds is 7. The highest BCUT2D eigenvalue weighted by molar-refractivity contribution is 5.77. The van der Waals surface area contributed by atoms with Gasteiger partial charge in [-0.25, -0.2) is 0 Å². The Kier molecular flexibility index (Phi) is 7.29. The van der Waals surface area contributed by atoms with Gasteiger partial charge < -0.3 is 14.8 Å². The largest absolute Gasteiger partial charge is 0.483 e. The first-order valence-corrected chi connectivity index (χ1v) is 10.3. The van der Waals surface area contributed by atoms with Crippen LogP contribution in [0.4, 0.5) is 0 Å². The van der Waals surface area contributed by atoms with Crippen LogP contribution in [0, 0.1) is 0 Å². The van der Waals surface area contributed by atoms with Crippen molar-refractivity contribution in [1.82, 2.24) is 10.2 Å². The molecule has 0 aliphatic carbocycles. The first-order chi connectivity index (χ1) is 13.9. The molecule has 0 atom stereocenters. The Morgan fingerprint density at radius 2 is 1.69 bits per heavy atom. The van der Waals surface area contributed by atoms with Crippen molar-refractivity contribution in [2.75, 3.05) is 32.9 Å². The quantitative estimate of drug-likeness (QED) is 0.778. The maximum absolute atomic E-state index is 12.4. The molecule has 0 bridgehead atoms. The lowest BCUT2D eigenvalue weighted by atomic mass is 9.86. The topological polar surface area (TPSA) is 50.8 Å². The maximum atomic E-state index is 12.4. The molecule has 1 amide bonds. The molecule has 0 aromatic heterocycles. The van der Waals surface area contributed by atoms with Gasteiger partial charge in [0.25, 0.3) is 5.91 Å². The van der Waals surface area contributed by atoms with E-state index in [-0.39, 0.29) is 17.9 Å². The lowest BCUT2D eigenvalue weighted by molar-refractivity contribution is -0.123. The highest BCUT2D eigenvalue weighted by atomic mass is 16.5. The van der Waals surface area contributed by atoms with E-state index in [1.165, 1.54) is 5.56 Å². The molecule has 156 valence electrons. The number of carbonyl (C=O) groups excluding carboxylic acids is 1. The van der Waals surface area contributed by atoms with Crippen LogP contribution in [0.1, 0.15) is 37.5 Å². The van der Waals surface area contributed by atoms with Crippen molar-refractivity contribution in [2.24, 2.45) is 0 Å². The molecular weight excluding hydrogens is 364 g/mol. The Bertz CT molecular complexity index is 808. The average Bonchev–Trinajstić information content (AvgIpc) is 2.72. The molecule has 0 radical (unpaired) electrons. The van der Waals surface area contributed by atoms with Crippen molar-refractivity contribution in [1.29, 1.82) is 0 Å². The summed E-state index contributed by atoms with van der Waals surface area (Å²) < 4.78 is 11.3. The number of nitrogens with zero attached hydrogens (tertiary/aromatic N) is 1. The SMILES string of the molecule is CC(C)(C)c1ccccc1OCC(=O)NCc1ccccc1CN1CCOCC1. The Morgan fingerprint density at radius 3 is 2.41 bits per heavy atom. The van der Waals surface area contributed by atoms with Gasteiger partial charge in [0.1, 0.15) is 5.75 Å². The summed E-state index contributed by atoms with van der Waals surface area (Å²) in [4.78, 5) is 14.8. The fraction of sp³-hybridized carbons (Fsp3) is 0.458. The summed E-state index contributed by atoms with van der Waals surface area (Å²) in [6, 6.07) is 16.2. The molecule has 1 aliphatic heterocycles. The van der Waals surface area contributed by atoms with Gasteiger partial charge in [0.05, 0.1) is 13.2 Å². The second-order valence-corrected chi connectivity index (χ2v) is 8.47. The Hall–Kier alpha value is -2.37. The van der Waals surface area contributed by atoms with Gasteiger partial charge in [0, 0.05) is 26.2 Å². The van der Waals surface area contributed by atoms with E-state index in [2.05, 4.69) is 49.2 Å². The van der Waals surface area contributed by atoms with Crippen LogP contribution in [0.5, 0.6) is 5.75 Å². The van der Waals surface area contributed by atoms with Crippen LogP contribution < -0.4 is 10.1 Å². The van der Waals surface area contributed by atoms with Crippen LogP contribution in [0.15, 0.2) is 48.5 Å². The van der Waals surface area contributed by atoms with Crippen molar-refractivity contribution in [3.05, 3.63) is 65.2 Å². The molecule has 29 heavy (non-hydrogen) atoms. The number of para-hydroxylation sites is 1. The molecule has 2 aromatic rings. The molecule has 0 spiro atoms. The second kappa shape index (κ2) is 9.90. The number of amides is 1. The van der Waals surface area contributed by atoms with E-state index in [9.17, 15) is 4.79 Å². The van der Waals surface area contributed by atoms with E-state index in [1.807, 2.05) is 30.3 Å². The molecule has 1 N–H and O–H groups in total. The predicted octanol–water partition coefficient (Wildman–Crippen LogP) is 3.51. The average molecular weight is 397 g/mol. The third-order valence-corrected chi connectivity index (χ3v) is 5.15. The van der Waals surface area contributed by atoms with Gasteiger partial charge in [0.15, 0.2) is 6.61 Å². The fourth-order valence-electron chi connectivity index (χ4n) is 3.48. The van der Waals surface area contributed by atoms with Gasteiger partial charge in [-0.05, 0) is 28.2 Å². The number of nitrogens with one attached hydrogen (secondary N) is 1. The number of benzene rings is 2. The normalized spacial score (nSPS) is 15.1. The molecule has 5 heteroatoms. The zero-order chi connectivity index (χ0) is 20.7. The maximum Gasteiger partial charge on any atom is 0.258 e. The molecule has 5 nitrogen and oxygen atoms in total. The summed E-state index contributed by atoms with van der Waals surface area (Å²) in [7, 11) is 0. The van der Waals surface area contributed by atoms with Crippen molar-refractivity contribution in [3.63, 3.8) is 0 Å². The van der Waals surface area contributed by atoms with Crippen LogP contribution >= 0.6 is 0 Å². The van der Waals surface area contributed by atoms with Crippen LogP contribution in [0.25, 0.3) is 0 Å². The van der Waals surface area contributed by atoms with Crippen molar-refractivity contribution in [3.8, 4) is 5.75 Å². The van der Waals surface area contributed by atoms with Crippen LogP contribution in [-0.2, 0) is 28.0 Å². The number of carbonyl (C=O) groups is 1. The molecule has 1 fully saturated rings. The monoisotopic (exact) mass is 396 g/mol. The number of morpholine rings is 1. The minimum atomic E-state index is -0.116. The number of hydrogen-bond acceptors (Lipinski definition) is 4. The van der Waals surface area contributed by atoms with Gasteiger partial charge in [-0.1, -0.05) is 63.2 Å². The molecule has 1 heterocycles. The summed E-state index contributed by atoms with van der Waals surface area (Å²) in [5.41, 5.74) is 3.45. The first kappa shape index (κ1) is 21.3. The minimum Gasteiger partial charge on any atom is -0.483 e. The van der Waals surface area contributed by atoms with Gasteiger partial charge >= 0.3 is 0 Å². The third kappa shape index (κ3) is 6.31. The Morgan fingerprint density at radius 1 is 1.03 bits per heavy atom. The van der Waals surface area contributed by atoms with Crippen LogP contribution in [0.3, 0.4) is 0 Å². The van der Waals surface area contributed by atoms with Crippen LogP contribution in [-0.4, -0.2) is 43.7 Å². The molecule has 1 saturated heterocycles. The molecule has 1 aliphatic rings. The lowest BCUT2D eigenvalue weighted by Crippen LogP contribution is -2.36. The summed E-state index contributed by atoms with van der Waals surface area (Å²) in [6.45, 7) is 11.3. The Labute approximate surface area is 174 Å². The van der Waals surface area contributed by atoms with Crippen molar-refractivity contribution < 1.29 is 14.3 Å². The molecule has 0 saturated carbocycles. The highest BCUT2D eigenvalue weighted by Gasteiger charge is 2.19. The Balaban J connectivity index is 1.54. The third-order valence-electron chi connectivity index (χ3n) is 5.15. The zero-order valence-corrected chi connectivity index (χ0v) is 17.7.